The van der Waals surface area contributed by atoms with E-state index in [-0.39, 0.29) is 11.0 Å². The fourth-order valence-electron chi connectivity index (χ4n) is 2.83. The Morgan fingerprint density at radius 2 is 1.64 bits per heavy atom. The van der Waals surface area contributed by atoms with E-state index in [2.05, 4.69) is 31.9 Å². The SMILES string of the molecule is COCCOc1ccc(C(=O)NC(=S)Nc2ccccc2C(=O)Nc2ccccc2)cc1Br. The molecule has 0 radical (unpaired) electrons. The van der Waals surface area contributed by atoms with E-state index in [0.717, 1.165) is 0 Å². The molecule has 0 aliphatic rings. The van der Waals surface area contributed by atoms with Crippen molar-refractivity contribution in [3.63, 3.8) is 0 Å². The number of benzene rings is 3. The van der Waals surface area contributed by atoms with Crippen LogP contribution in [-0.4, -0.2) is 37.3 Å². The van der Waals surface area contributed by atoms with Gasteiger partial charge in [-0.1, -0.05) is 30.3 Å². The van der Waals surface area contributed by atoms with Gasteiger partial charge in [-0.05, 0) is 70.6 Å². The first kappa shape index (κ1) is 24.4. The number of nitrogens with one attached hydrogen (secondary N) is 3. The molecule has 3 N–H and O–H groups in total. The van der Waals surface area contributed by atoms with Crippen molar-refractivity contribution in [2.45, 2.75) is 0 Å². The van der Waals surface area contributed by atoms with Crippen LogP contribution in [0.25, 0.3) is 0 Å². The summed E-state index contributed by atoms with van der Waals surface area (Å²) in [6, 6.07) is 21.0. The van der Waals surface area contributed by atoms with Gasteiger partial charge in [0.05, 0.1) is 22.3 Å². The van der Waals surface area contributed by atoms with Crippen LogP contribution in [0.2, 0.25) is 0 Å². The molecule has 7 nitrogen and oxygen atoms in total. The first-order valence-electron chi connectivity index (χ1n) is 9.97. The number of hydrogen-bond acceptors (Lipinski definition) is 5. The third-order valence-corrected chi connectivity index (χ3v) is 5.24. The molecule has 3 rings (SSSR count). The second-order valence-corrected chi connectivity index (χ2v) is 8.02. The van der Waals surface area contributed by atoms with E-state index in [4.69, 9.17) is 21.7 Å². The molecule has 0 aromatic heterocycles. The predicted molar refractivity (Wildman–Crippen MR) is 136 cm³/mol. The Bertz CT molecular complexity index is 1140. The lowest BCUT2D eigenvalue weighted by Gasteiger charge is -2.14. The molecule has 0 heterocycles. The number of halogens is 1. The zero-order valence-electron chi connectivity index (χ0n) is 17.8. The Morgan fingerprint density at radius 1 is 0.909 bits per heavy atom. The molecule has 0 aliphatic carbocycles. The van der Waals surface area contributed by atoms with Crippen molar-refractivity contribution in [2.75, 3.05) is 31.0 Å². The van der Waals surface area contributed by atoms with Crippen LogP contribution in [0.4, 0.5) is 11.4 Å². The maximum Gasteiger partial charge on any atom is 0.257 e. The Morgan fingerprint density at radius 3 is 2.36 bits per heavy atom. The number of anilines is 2. The van der Waals surface area contributed by atoms with Gasteiger partial charge in [0.2, 0.25) is 0 Å². The first-order chi connectivity index (χ1) is 16.0. The molecule has 3 aromatic carbocycles. The summed E-state index contributed by atoms with van der Waals surface area (Å²) in [5.41, 5.74) is 1.92. The van der Waals surface area contributed by atoms with Crippen LogP contribution in [0, 0.1) is 0 Å². The summed E-state index contributed by atoms with van der Waals surface area (Å²) in [7, 11) is 1.59. The van der Waals surface area contributed by atoms with E-state index < -0.39 is 5.91 Å². The fraction of sp³-hybridized carbons (Fsp3) is 0.125. The van der Waals surface area contributed by atoms with Gasteiger partial charge in [0, 0.05) is 18.4 Å². The quantitative estimate of drug-likeness (QED) is 0.286. The number of thiocarbonyl (C=S) groups is 1. The Balaban J connectivity index is 1.63. The molecule has 0 saturated heterocycles. The molecule has 0 fully saturated rings. The highest BCUT2D eigenvalue weighted by molar-refractivity contribution is 9.10. The number of amides is 2. The lowest BCUT2D eigenvalue weighted by Crippen LogP contribution is -2.34. The smallest absolute Gasteiger partial charge is 0.257 e. The van der Waals surface area contributed by atoms with Gasteiger partial charge in [0.15, 0.2) is 5.11 Å². The van der Waals surface area contributed by atoms with Crippen LogP contribution >= 0.6 is 28.1 Å². The summed E-state index contributed by atoms with van der Waals surface area (Å²) in [4.78, 5) is 25.3. The molecular weight excluding hydrogens is 506 g/mol. The molecule has 9 heteroatoms. The topological polar surface area (TPSA) is 88.7 Å². The number of hydrogen-bond donors (Lipinski definition) is 3. The van der Waals surface area contributed by atoms with Gasteiger partial charge in [-0.3, -0.25) is 14.9 Å². The van der Waals surface area contributed by atoms with Crippen molar-refractivity contribution in [3.05, 3.63) is 88.4 Å². The average molecular weight is 528 g/mol. The molecule has 3 aromatic rings. The Labute approximate surface area is 205 Å². The summed E-state index contributed by atoms with van der Waals surface area (Å²) >= 11 is 8.69. The average Bonchev–Trinajstić information content (AvgIpc) is 2.81. The lowest BCUT2D eigenvalue weighted by molar-refractivity contribution is 0.0976. The van der Waals surface area contributed by atoms with Crippen molar-refractivity contribution in [2.24, 2.45) is 0 Å². The van der Waals surface area contributed by atoms with Gasteiger partial charge >= 0.3 is 0 Å². The minimum atomic E-state index is -0.400. The van der Waals surface area contributed by atoms with Gasteiger partial charge < -0.3 is 20.1 Å². The van der Waals surface area contributed by atoms with Crippen molar-refractivity contribution in [3.8, 4) is 5.75 Å². The van der Waals surface area contributed by atoms with Crippen LogP contribution in [0.1, 0.15) is 20.7 Å². The van der Waals surface area contributed by atoms with Gasteiger partial charge in [0.25, 0.3) is 11.8 Å². The number of carbonyl (C=O) groups excluding carboxylic acids is 2. The van der Waals surface area contributed by atoms with E-state index in [0.29, 0.717) is 45.9 Å². The Hall–Kier alpha value is -3.27. The number of methoxy groups -OCH3 is 1. The van der Waals surface area contributed by atoms with Crippen molar-refractivity contribution >= 4 is 56.4 Å². The minimum Gasteiger partial charge on any atom is -0.490 e. The molecule has 0 unspecified atom stereocenters. The van der Waals surface area contributed by atoms with Crippen LogP contribution < -0.4 is 20.7 Å². The standard InChI is InChI=1S/C24H22BrN3O4S/c1-31-13-14-32-21-12-11-16(15-19(21)25)22(29)28-24(33)27-20-10-6-5-9-18(20)23(30)26-17-7-3-2-4-8-17/h2-12,15H,13-14H2,1H3,(H,26,30)(H2,27,28,29,33). The van der Waals surface area contributed by atoms with E-state index in [1.165, 1.54) is 0 Å². The fourth-order valence-corrected chi connectivity index (χ4v) is 3.53. The largest absolute Gasteiger partial charge is 0.490 e. The van der Waals surface area contributed by atoms with E-state index in [1.54, 1.807) is 61.7 Å². The maximum atomic E-state index is 12.7. The number of rotatable bonds is 8. The summed E-state index contributed by atoms with van der Waals surface area (Å²) in [6.07, 6.45) is 0. The van der Waals surface area contributed by atoms with E-state index >= 15 is 0 Å². The van der Waals surface area contributed by atoms with Crippen molar-refractivity contribution < 1.29 is 19.1 Å². The second-order valence-electron chi connectivity index (χ2n) is 6.76. The second kappa shape index (κ2) is 12.1. The number of ether oxygens (including phenoxy) is 2. The zero-order valence-corrected chi connectivity index (χ0v) is 20.2. The van der Waals surface area contributed by atoms with Gasteiger partial charge in [-0.15, -0.1) is 0 Å². The van der Waals surface area contributed by atoms with Crippen LogP contribution in [0.5, 0.6) is 5.75 Å². The molecule has 0 atom stereocenters. The van der Waals surface area contributed by atoms with Gasteiger partial charge in [0.1, 0.15) is 12.4 Å². The van der Waals surface area contributed by atoms with E-state index in [1.807, 2.05) is 18.2 Å². The molecular formula is C24H22BrN3O4S. The summed E-state index contributed by atoms with van der Waals surface area (Å²) in [6.45, 7) is 0.853. The number of para-hydroxylation sites is 2. The molecule has 33 heavy (non-hydrogen) atoms. The number of carbonyl (C=O) groups is 2. The van der Waals surface area contributed by atoms with Crippen molar-refractivity contribution in [1.29, 1.82) is 0 Å². The van der Waals surface area contributed by atoms with Crippen LogP contribution in [0.15, 0.2) is 77.3 Å². The molecule has 0 bridgehead atoms. The molecule has 0 aliphatic heterocycles. The molecule has 170 valence electrons. The normalized spacial score (nSPS) is 10.2. The van der Waals surface area contributed by atoms with Crippen LogP contribution in [-0.2, 0) is 4.74 Å². The molecule has 0 spiro atoms. The first-order valence-corrected chi connectivity index (χ1v) is 11.2. The highest BCUT2D eigenvalue weighted by Gasteiger charge is 2.15. The third-order valence-electron chi connectivity index (χ3n) is 4.42. The minimum absolute atomic E-state index is 0.0662. The summed E-state index contributed by atoms with van der Waals surface area (Å²) in [5, 5.41) is 8.45. The zero-order chi connectivity index (χ0) is 23.6. The highest BCUT2D eigenvalue weighted by Crippen LogP contribution is 2.26. The highest BCUT2D eigenvalue weighted by atomic mass is 79.9. The summed E-state index contributed by atoms with van der Waals surface area (Å²) in [5.74, 6) is -0.100. The van der Waals surface area contributed by atoms with Gasteiger partial charge in [-0.25, -0.2) is 0 Å². The van der Waals surface area contributed by atoms with E-state index in [9.17, 15) is 9.59 Å². The third kappa shape index (κ3) is 7.11. The Kier molecular flexibility index (Phi) is 8.94. The van der Waals surface area contributed by atoms with Crippen molar-refractivity contribution in [1.82, 2.24) is 5.32 Å². The lowest BCUT2D eigenvalue weighted by atomic mass is 10.1. The predicted octanol–water partition coefficient (Wildman–Crippen LogP) is 4.85. The molecule has 2 amide bonds. The maximum absolute atomic E-state index is 12.7. The molecule has 0 saturated carbocycles. The summed E-state index contributed by atoms with van der Waals surface area (Å²) < 4.78 is 11.2. The monoisotopic (exact) mass is 527 g/mol. The van der Waals surface area contributed by atoms with Crippen LogP contribution in [0.3, 0.4) is 0 Å². The van der Waals surface area contributed by atoms with Gasteiger partial charge in [-0.2, -0.15) is 0 Å².